The molecule has 0 aliphatic rings. The second-order valence-electron chi connectivity index (χ2n) is 3.15. The molecule has 0 atom stereocenters. The Morgan fingerprint density at radius 3 is 2.69 bits per heavy atom. The third-order valence-electron chi connectivity index (χ3n) is 1.82. The summed E-state index contributed by atoms with van der Waals surface area (Å²) in [5.41, 5.74) is 0.331. The molecule has 16 heavy (non-hydrogen) atoms. The molecule has 0 spiro atoms. The highest BCUT2D eigenvalue weighted by Crippen LogP contribution is 2.23. The van der Waals surface area contributed by atoms with Crippen LogP contribution >= 0.6 is 15.9 Å². The van der Waals surface area contributed by atoms with Gasteiger partial charge in [-0.15, -0.1) is 0 Å². The van der Waals surface area contributed by atoms with Crippen molar-refractivity contribution in [2.24, 2.45) is 0 Å². The van der Waals surface area contributed by atoms with E-state index in [-0.39, 0.29) is 5.75 Å². The molecule has 0 heterocycles. The molecule has 4 nitrogen and oxygen atoms in total. The summed E-state index contributed by atoms with van der Waals surface area (Å²) in [7, 11) is -1.73. The van der Waals surface area contributed by atoms with Gasteiger partial charge in [0, 0.05) is 11.0 Å². The lowest BCUT2D eigenvalue weighted by molar-refractivity contribution is 0.598. The summed E-state index contributed by atoms with van der Waals surface area (Å²) >= 11 is 3.09. The van der Waals surface area contributed by atoms with Crippen molar-refractivity contribution >= 4 is 31.6 Å². The zero-order valence-electron chi connectivity index (χ0n) is 8.63. The van der Waals surface area contributed by atoms with Crippen molar-refractivity contribution in [3.05, 3.63) is 28.5 Å². The molecule has 0 amide bonds. The molecule has 0 bridgehead atoms. The smallest absolute Gasteiger partial charge is 0.234 e. The lowest BCUT2D eigenvalue weighted by Crippen LogP contribution is -2.24. The summed E-state index contributed by atoms with van der Waals surface area (Å²) in [6.07, 6.45) is 0. The van der Waals surface area contributed by atoms with Crippen LogP contribution in [0.3, 0.4) is 0 Å². The van der Waals surface area contributed by atoms with Crippen LogP contribution in [0.5, 0.6) is 0 Å². The molecular weight excluding hydrogens is 299 g/mol. The number of hydrogen-bond acceptors (Lipinski definition) is 3. The van der Waals surface area contributed by atoms with E-state index in [0.29, 0.717) is 16.7 Å². The highest BCUT2D eigenvalue weighted by molar-refractivity contribution is 9.10. The summed E-state index contributed by atoms with van der Waals surface area (Å²) in [6, 6.07) is 3.77. The third kappa shape index (κ3) is 4.07. The largest absolute Gasteiger partial charge is 0.319 e. The molecule has 2 N–H and O–H groups in total. The van der Waals surface area contributed by atoms with E-state index < -0.39 is 15.8 Å². The van der Waals surface area contributed by atoms with E-state index in [4.69, 9.17) is 0 Å². The molecule has 0 aromatic heterocycles. The van der Waals surface area contributed by atoms with Crippen LogP contribution in [0, 0.1) is 5.82 Å². The first-order valence-corrected chi connectivity index (χ1v) is 6.99. The highest BCUT2D eigenvalue weighted by Gasteiger charge is 2.11. The van der Waals surface area contributed by atoms with Gasteiger partial charge in [0.05, 0.1) is 11.4 Å². The van der Waals surface area contributed by atoms with Crippen LogP contribution in [0.1, 0.15) is 0 Å². The van der Waals surface area contributed by atoms with Crippen molar-refractivity contribution in [3.8, 4) is 0 Å². The molecule has 0 aliphatic heterocycles. The fourth-order valence-corrected chi connectivity index (χ4v) is 2.70. The van der Waals surface area contributed by atoms with Gasteiger partial charge in [-0.1, -0.05) is 0 Å². The monoisotopic (exact) mass is 310 g/mol. The van der Waals surface area contributed by atoms with Gasteiger partial charge in [-0.3, -0.25) is 4.72 Å². The molecule has 0 saturated heterocycles. The highest BCUT2D eigenvalue weighted by atomic mass is 79.9. The summed E-state index contributed by atoms with van der Waals surface area (Å²) in [6.45, 7) is 0.355. The van der Waals surface area contributed by atoms with Crippen molar-refractivity contribution < 1.29 is 12.8 Å². The van der Waals surface area contributed by atoms with Crippen LogP contribution in [-0.4, -0.2) is 27.8 Å². The van der Waals surface area contributed by atoms with E-state index in [9.17, 15) is 12.8 Å². The van der Waals surface area contributed by atoms with Crippen LogP contribution in [0.15, 0.2) is 22.7 Å². The molecule has 0 aliphatic carbocycles. The third-order valence-corrected chi connectivity index (χ3v) is 3.75. The van der Waals surface area contributed by atoms with E-state index >= 15 is 0 Å². The Bertz CT molecular complexity index is 465. The number of anilines is 1. The van der Waals surface area contributed by atoms with Gasteiger partial charge in [-0.25, -0.2) is 12.8 Å². The molecule has 90 valence electrons. The minimum atomic E-state index is -3.40. The van der Waals surface area contributed by atoms with Crippen LogP contribution in [0.2, 0.25) is 0 Å². The Labute approximate surface area is 102 Å². The predicted octanol–water partition coefficient (Wildman–Crippen LogP) is 1.55. The molecule has 0 unspecified atom stereocenters. The minimum Gasteiger partial charge on any atom is -0.319 e. The second-order valence-corrected chi connectivity index (χ2v) is 5.84. The van der Waals surface area contributed by atoms with Gasteiger partial charge < -0.3 is 5.32 Å². The summed E-state index contributed by atoms with van der Waals surface area (Å²) in [5.74, 6) is -0.460. The van der Waals surface area contributed by atoms with Gasteiger partial charge in [0.15, 0.2) is 0 Å². The fourth-order valence-electron chi connectivity index (χ4n) is 1.03. The summed E-state index contributed by atoms with van der Waals surface area (Å²) in [5, 5.41) is 2.74. The number of sulfonamides is 1. The SMILES string of the molecule is CNCCS(=O)(=O)Nc1ccc(F)cc1Br. The first-order chi connectivity index (χ1) is 7.44. The quantitative estimate of drug-likeness (QED) is 0.867. The summed E-state index contributed by atoms with van der Waals surface area (Å²) in [4.78, 5) is 0. The lowest BCUT2D eigenvalue weighted by atomic mass is 10.3. The molecule has 1 aromatic carbocycles. The Kier molecular flexibility index (Phi) is 4.69. The van der Waals surface area contributed by atoms with Crippen molar-refractivity contribution in [3.63, 3.8) is 0 Å². The number of nitrogens with one attached hydrogen (secondary N) is 2. The average Bonchev–Trinajstić information content (AvgIpc) is 2.19. The number of hydrogen-bond donors (Lipinski definition) is 2. The molecule has 0 radical (unpaired) electrons. The van der Waals surface area contributed by atoms with Crippen molar-refractivity contribution in [2.45, 2.75) is 0 Å². The maximum atomic E-state index is 12.8. The second kappa shape index (κ2) is 5.60. The Balaban J connectivity index is 2.80. The average molecular weight is 311 g/mol. The van der Waals surface area contributed by atoms with E-state index in [0.717, 1.165) is 0 Å². The number of halogens is 2. The first kappa shape index (κ1) is 13.4. The zero-order valence-corrected chi connectivity index (χ0v) is 11.0. The van der Waals surface area contributed by atoms with Crippen molar-refractivity contribution in [2.75, 3.05) is 24.1 Å². The van der Waals surface area contributed by atoms with Gasteiger partial charge in [0.25, 0.3) is 0 Å². The van der Waals surface area contributed by atoms with E-state index in [1.54, 1.807) is 7.05 Å². The Morgan fingerprint density at radius 1 is 1.44 bits per heavy atom. The van der Waals surface area contributed by atoms with E-state index in [1.807, 2.05) is 0 Å². The molecule has 0 fully saturated rings. The van der Waals surface area contributed by atoms with Gasteiger partial charge in [0.1, 0.15) is 5.82 Å². The van der Waals surface area contributed by atoms with Crippen molar-refractivity contribution in [1.29, 1.82) is 0 Å². The maximum absolute atomic E-state index is 12.8. The standard InChI is InChI=1S/C9H12BrFN2O2S/c1-12-4-5-16(14,15)13-9-3-2-7(11)6-8(9)10/h2-3,6,12-13H,4-5H2,1H3. The van der Waals surface area contributed by atoms with Gasteiger partial charge >= 0.3 is 0 Å². The van der Waals surface area contributed by atoms with Crippen molar-refractivity contribution in [1.82, 2.24) is 5.32 Å². The first-order valence-electron chi connectivity index (χ1n) is 4.55. The Morgan fingerprint density at radius 2 is 2.12 bits per heavy atom. The topological polar surface area (TPSA) is 58.2 Å². The van der Waals surface area contributed by atoms with Gasteiger partial charge in [-0.2, -0.15) is 0 Å². The van der Waals surface area contributed by atoms with Crippen LogP contribution in [0.4, 0.5) is 10.1 Å². The maximum Gasteiger partial charge on any atom is 0.234 e. The minimum absolute atomic E-state index is 0.0344. The normalized spacial score (nSPS) is 11.4. The van der Waals surface area contributed by atoms with E-state index in [2.05, 4.69) is 26.0 Å². The molecule has 1 rings (SSSR count). The lowest BCUT2D eigenvalue weighted by Gasteiger charge is -2.09. The zero-order chi connectivity index (χ0) is 12.2. The van der Waals surface area contributed by atoms with Crippen LogP contribution < -0.4 is 10.0 Å². The van der Waals surface area contributed by atoms with E-state index in [1.165, 1.54) is 18.2 Å². The van der Waals surface area contributed by atoms with Crippen LogP contribution in [-0.2, 0) is 10.0 Å². The van der Waals surface area contributed by atoms with Crippen LogP contribution in [0.25, 0.3) is 0 Å². The van der Waals surface area contributed by atoms with Gasteiger partial charge in [0.2, 0.25) is 10.0 Å². The number of benzene rings is 1. The van der Waals surface area contributed by atoms with Gasteiger partial charge in [-0.05, 0) is 41.2 Å². The number of rotatable bonds is 5. The molecule has 7 heteroatoms. The molecule has 1 aromatic rings. The summed E-state index contributed by atoms with van der Waals surface area (Å²) < 4.78 is 38.6. The molecular formula is C9H12BrFN2O2S. The molecule has 0 saturated carbocycles. The fraction of sp³-hybridized carbons (Fsp3) is 0.333. The predicted molar refractivity (Wildman–Crippen MR) is 65.4 cm³/mol. The Hall–Kier alpha value is -0.660.